The maximum Gasteiger partial charge on any atom is 0.396 e. The van der Waals surface area contributed by atoms with E-state index in [1.54, 1.807) is 29.4 Å². The third kappa shape index (κ3) is 5.84. The van der Waals surface area contributed by atoms with E-state index in [0.717, 1.165) is 50.1 Å². The van der Waals surface area contributed by atoms with E-state index in [1.165, 1.54) is 0 Å². The average Bonchev–Trinajstić information content (AvgIpc) is 3.49. The van der Waals surface area contributed by atoms with Crippen LogP contribution in [-0.4, -0.2) is 53.5 Å². The zero-order valence-corrected chi connectivity index (χ0v) is 23.8. The number of hydrazine groups is 1. The van der Waals surface area contributed by atoms with Crippen molar-refractivity contribution in [2.24, 2.45) is 11.3 Å². The molecule has 3 N–H and O–H groups in total. The van der Waals surface area contributed by atoms with Gasteiger partial charge in [0, 0.05) is 36.8 Å². The van der Waals surface area contributed by atoms with Crippen LogP contribution < -0.4 is 25.4 Å². The van der Waals surface area contributed by atoms with Gasteiger partial charge >= 0.3 is 6.18 Å². The lowest BCUT2D eigenvalue weighted by Crippen LogP contribution is -2.42. The Morgan fingerprint density at radius 2 is 2.00 bits per heavy atom. The first-order chi connectivity index (χ1) is 19.5. The summed E-state index contributed by atoms with van der Waals surface area (Å²) in [5.41, 5.74) is 1.54. The number of pyridine rings is 2. The van der Waals surface area contributed by atoms with Gasteiger partial charge < -0.3 is 15.0 Å². The van der Waals surface area contributed by atoms with Crippen LogP contribution in [0.1, 0.15) is 56.3 Å². The van der Waals surface area contributed by atoms with E-state index in [4.69, 9.17) is 9.72 Å². The van der Waals surface area contributed by atoms with Gasteiger partial charge in [-0.25, -0.2) is 9.97 Å². The van der Waals surface area contributed by atoms with Gasteiger partial charge in [0.15, 0.2) is 0 Å². The topological polar surface area (TPSA) is 94.7 Å². The summed E-state index contributed by atoms with van der Waals surface area (Å²) in [5.74, 6) is 2.00. The van der Waals surface area contributed by atoms with Crippen LogP contribution in [0.25, 0.3) is 0 Å². The molecule has 5 heterocycles. The van der Waals surface area contributed by atoms with E-state index < -0.39 is 24.4 Å². The molecule has 3 aliphatic heterocycles. The number of nitrogens with zero attached hydrogens (tertiary/aromatic N) is 4. The van der Waals surface area contributed by atoms with E-state index in [2.05, 4.69) is 39.2 Å². The van der Waals surface area contributed by atoms with Gasteiger partial charge in [0.05, 0.1) is 17.6 Å². The molecule has 1 amide bonds. The summed E-state index contributed by atoms with van der Waals surface area (Å²) in [7, 11) is 0. The quantitative estimate of drug-likeness (QED) is 0.414. The lowest BCUT2D eigenvalue weighted by molar-refractivity contribution is -0.204. The maximum absolute atomic E-state index is 13.5. The predicted molar refractivity (Wildman–Crippen MR) is 151 cm³/mol. The summed E-state index contributed by atoms with van der Waals surface area (Å²) in [6, 6.07) is 9.13. The molecule has 6 rings (SSSR count). The number of carbonyl (C=O) groups excluding carboxylic acids is 1. The van der Waals surface area contributed by atoms with Gasteiger partial charge in [-0.15, -0.1) is 0 Å². The fourth-order valence-corrected chi connectivity index (χ4v) is 6.37. The molecule has 4 aliphatic rings. The predicted octanol–water partition coefficient (Wildman–Crippen LogP) is 5.25. The Labute approximate surface area is 241 Å². The number of hydrogen-bond acceptors (Lipinski definition) is 9. The second-order valence-electron chi connectivity index (χ2n) is 11.8. The van der Waals surface area contributed by atoms with Crippen LogP contribution in [0, 0.1) is 11.3 Å². The minimum absolute atomic E-state index is 0.0913. The minimum Gasteiger partial charge on any atom is -0.370 e. The fraction of sp³-hybridized carbons (Fsp3) is 0.536. The molecule has 220 valence electrons. The Hall–Kier alpha value is -3.03. The molecule has 2 aromatic heterocycles. The van der Waals surface area contributed by atoms with Crippen molar-refractivity contribution < 1.29 is 22.7 Å². The van der Waals surface area contributed by atoms with E-state index in [1.807, 2.05) is 18.2 Å². The van der Waals surface area contributed by atoms with Crippen LogP contribution in [0.2, 0.25) is 0 Å². The first kappa shape index (κ1) is 28.1. The van der Waals surface area contributed by atoms with E-state index in [9.17, 15) is 18.0 Å². The standard InChI is InChI=1S/C28H34F3N7O2S/c1-26(2)15-18-5-4-13-32-20-6-3-7-23(33-20)41-36-25(39)19-8-9-21(34-24(19)37(26)16-18)38-14-10-22(35-38)40-17-27(11-12-27)28(29,30)31/h3,6-10,14,18,22,35H,4-5,11-13,15-17H2,1-2H3,(H,32,33)(H,36,39). The molecule has 4 bridgehead atoms. The third-order valence-corrected chi connectivity index (χ3v) is 9.03. The van der Waals surface area contributed by atoms with E-state index in [0.29, 0.717) is 28.1 Å². The summed E-state index contributed by atoms with van der Waals surface area (Å²) in [4.78, 5) is 25.2. The largest absolute Gasteiger partial charge is 0.396 e. The number of fused-ring (bicyclic) bond motifs is 6. The molecule has 1 saturated carbocycles. The Morgan fingerprint density at radius 3 is 2.78 bits per heavy atom. The molecule has 13 heteroatoms. The number of amides is 1. The summed E-state index contributed by atoms with van der Waals surface area (Å²) >= 11 is 1.15. The monoisotopic (exact) mass is 589 g/mol. The summed E-state index contributed by atoms with van der Waals surface area (Å²) in [6.07, 6.45) is 1.54. The maximum atomic E-state index is 13.5. The van der Waals surface area contributed by atoms with Gasteiger partial charge in [-0.05, 0) is 82.2 Å². The molecule has 2 aromatic rings. The Kier molecular flexibility index (Phi) is 7.31. The first-order valence-corrected chi connectivity index (χ1v) is 14.7. The van der Waals surface area contributed by atoms with Gasteiger partial charge in [0.1, 0.15) is 28.7 Å². The van der Waals surface area contributed by atoms with Gasteiger partial charge in [-0.3, -0.25) is 14.5 Å². The van der Waals surface area contributed by atoms with Crippen molar-refractivity contribution >= 4 is 35.3 Å². The molecule has 1 aliphatic carbocycles. The van der Waals surface area contributed by atoms with Gasteiger partial charge in [-0.2, -0.15) is 18.6 Å². The van der Waals surface area contributed by atoms with Crippen LogP contribution >= 0.6 is 11.9 Å². The highest BCUT2D eigenvalue weighted by Gasteiger charge is 2.63. The lowest BCUT2D eigenvalue weighted by Gasteiger charge is -2.34. The number of anilines is 3. The fourth-order valence-electron chi connectivity index (χ4n) is 5.77. The minimum atomic E-state index is -4.27. The van der Waals surface area contributed by atoms with Gasteiger partial charge in [0.2, 0.25) is 0 Å². The molecule has 2 fully saturated rings. The molecular formula is C28H34F3N7O2S. The number of alkyl halides is 3. The molecule has 2 unspecified atom stereocenters. The highest BCUT2D eigenvalue weighted by Crippen LogP contribution is 2.57. The first-order valence-electron chi connectivity index (χ1n) is 13.9. The second-order valence-corrected chi connectivity index (χ2v) is 12.7. The molecular weight excluding hydrogens is 555 g/mol. The number of halogens is 3. The van der Waals surface area contributed by atoms with Crippen LogP contribution in [0.4, 0.5) is 30.6 Å². The highest BCUT2D eigenvalue weighted by molar-refractivity contribution is 7.97. The number of nitrogens with one attached hydrogen (secondary N) is 3. The Morgan fingerprint density at radius 1 is 1.17 bits per heavy atom. The summed E-state index contributed by atoms with van der Waals surface area (Å²) in [5, 5.41) is 5.68. The zero-order valence-electron chi connectivity index (χ0n) is 23.0. The van der Waals surface area contributed by atoms with Crippen LogP contribution in [-0.2, 0) is 4.74 Å². The highest BCUT2D eigenvalue weighted by atomic mass is 32.2. The summed E-state index contributed by atoms with van der Waals surface area (Å²) < 4.78 is 48.5. The third-order valence-electron chi connectivity index (χ3n) is 8.30. The van der Waals surface area contributed by atoms with Crippen molar-refractivity contribution in [2.75, 3.05) is 34.9 Å². The second kappa shape index (κ2) is 10.7. The molecule has 2 atom stereocenters. The molecule has 1 saturated heterocycles. The Bertz CT molecular complexity index is 1330. The average molecular weight is 590 g/mol. The van der Waals surface area contributed by atoms with Crippen molar-refractivity contribution in [3.63, 3.8) is 0 Å². The van der Waals surface area contributed by atoms with Crippen molar-refractivity contribution in [2.45, 2.75) is 68.9 Å². The molecule has 9 nitrogen and oxygen atoms in total. The lowest BCUT2D eigenvalue weighted by atomic mass is 9.93. The van der Waals surface area contributed by atoms with Crippen LogP contribution in [0.15, 0.2) is 47.6 Å². The van der Waals surface area contributed by atoms with E-state index in [-0.39, 0.29) is 24.3 Å². The molecule has 0 aromatic carbocycles. The van der Waals surface area contributed by atoms with Crippen molar-refractivity contribution in [1.82, 2.24) is 20.1 Å². The number of carbonyl (C=O) groups is 1. The number of rotatable bonds is 4. The Balaban J connectivity index is 1.24. The molecule has 0 radical (unpaired) electrons. The van der Waals surface area contributed by atoms with Gasteiger partial charge in [0.25, 0.3) is 5.91 Å². The smallest absolute Gasteiger partial charge is 0.370 e. The summed E-state index contributed by atoms with van der Waals surface area (Å²) in [6.45, 7) is 5.51. The van der Waals surface area contributed by atoms with Gasteiger partial charge in [-0.1, -0.05) is 6.07 Å². The van der Waals surface area contributed by atoms with Crippen molar-refractivity contribution in [1.29, 1.82) is 0 Å². The number of ether oxygens (including phenoxy) is 1. The SMILES string of the molecule is CC1(C)CC2CCCNc3cccc(n3)SNC(=O)c3ccc(N4C=CC(OCC5(C(F)(F)F)CC5)N4)nc3N1C2. The van der Waals surface area contributed by atoms with Crippen molar-refractivity contribution in [3.05, 3.63) is 48.2 Å². The number of aromatic nitrogens is 2. The zero-order chi connectivity index (χ0) is 28.8. The molecule has 0 spiro atoms. The van der Waals surface area contributed by atoms with Crippen molar-refractivity contribution in [3.8, 4) is 0 Å². The van der Waals surface area contributed by atoms with Crippen LogP contribution in [0.5, 0.6) is 0 Å². The normalized spacial score (nSPS) is 25.1. The van der Waals surface area contributed by atoms with E-state index >= 15 is 0 Å². The van der Waals surface area contributed by atoms with Crippen LogP contribution in [0.3, 0.4) is 0 Å². The number of hydrogen-bond donors (Lipinski definition) is 3. The molecule has 41 heavy (non-hydrogen) atoms.